The molecule has 11 heteroatoms. The van der Waals surface area contributed by atoms with Gasteiger partial charge in [-0.3, -0.25) is 19.2 Å². The first-order valence-corrected chi connectivity index (χ1v) is 13.1. The average molecular weight is 530 g/mol. The third-order valence-electron chi connectivity index (χ3n) is 5.82. The second-order valence-electron chi connectivity index (χ2n) is 9.23. The van der Waals surface area contributed by atoms with Gasteiger partial charge in [-0.1, -0.05) is 44.9 Å². The largest absolute Gasteiger partial charge is 0.463 e. The van der Waals surface area contributed by atoms with Gasteiger partial charge in [0.2, 0.25) is 5.91 Å². The maximum Gasteiger partial charge on any atom is 0.303 e. The Morgan fingerprint density at radius 2 is 1.30 bits per heavy atom. The fourth-order valence-electron chi connectivity index (χ4n) is 4.20. The zero-order chi connectivity index (χ0) is 27.6. The lowest BCUT2D eigenvalue weighted by atomic mass is 9.96. The van der Waals surface area contributed by atoms with E-state index in [1.807, 2.05) is 0 Å². The average Bonchev–Trinajstić information content (AvgIpc) is 2.81. The van der Waals surface area contributed by atoms with Gasteiger partial charge in [0.15, 0.2) is 18.5 Å². The minimum atomic E-state index is -1.13. The van der Waals surface area contributed by atoms with Crippen molar-refractivity contribution < 1.29 is 47.7 Å². The Morgan fingerprint density at radius 1 is 0.757 bits per heavy atom. The minimum Gasteiger partial charge on any atom is -0.463 e. The summed E-state index contributed by atoms with van der Waals surface area (Å²) in [7, 11) is 0. The van der Waals surface area contributed by atoms with Gasteiger partial charge in [-0.25, -0.2) is 0 Å². The Labute approximate surface area is 219 Å². The summed E-state index contributed by atoms with van der Waals surface area (Å²) in [5, 5.41) is 2.68. The summed E-state index contributed by atoms with van der Waals surface area (Å²) in [6, 6.07) is -0.946. The summed E-state index contributed by atoms with van der Waals surface area (Å²) < 4.78 is 27.8. The molecular weight excluding hydrogens is 486 g/mol. The van der Waals surface area contributed by atoms with E-state index in [0.29, 0.717) is 13.0 Å². The molecule has 1 rings (SSSR count). The van der Waals surface area contributed by atoms with Crippen molar-refractivity contribution >= 4 is 30.1 Å². The predicted octanol–water partition coefficient (Wildman–Crippen LogP) is 2.76. The number of carbonyl (C=O) groups is 5. The monoisotopic (exact) mass is 529 g/mol. The maximum absolute atomic E-state index is 11.9. The van der Waals surface area contributed by atoms with Gasteiger partial charge in [0.25, 0.3) is 0 Å². The molecule has 1 saturated heterocycles. The normalized spacial score (nSPS) is 23.1. The summed E-state index contributed by atoms with van der Waals surface area (Å²) in [5.41, 5.74) is 0. The molecule has 0 aromatic heterocycles. The van der Waals surface area contributed by atoms with Crippen LogP contribution in [0.3, 0.4) is 0 Å². The SMILES string of the molecule is CC(=O)N[C@H]1[C@H](OCCCCCCCCCCCC=O)O[C@H](COC(C)=O)[C@H](OC(C)=O)[C@@H]1OC(C)=O. The topological polar surface area (TPSA) is 144 Å². The molecule has 0 aromatic carbocycles. The lowest BCUT2D eigenvalue weighted by molar-refractivity contribution is -0.277. The first-order valence-electron chi connectivity index (χ1n) is 13.1. The molecule has 1 amide bonds. The molecule has 212 valence electrons. The Kier molecular flexibility index (Phi) is 16.4. The van der Waals surface area contributed by atoms with Gasteiger partial charge in [-0.05, 0) is 12.8 Å². The molecule has 1 fully saturated rings. The number of hydrogen-bond donors (Lipinski definition) is 1. The van der Waals surface area contributed by atoms with Crippen molar-refractivity contribution in [1.29, 1.82) is 0 Å². The number of nitrogens with one attached hydrogen (secondary N) is 1. The van der Waals surface area contributed by atoms with Gasteiger partial charge < -0.3 is 33.8 Å². The van der Waals surface area contributed by atoms with Crippen molar-refractivity contribution in [2.24, 2.45) is 0 Å². The number of amides is 1. The Bertz CT molecular complexity index is 728. The van der Waals surface area contributed by atoms with Crippen LogP contribution in [0.1, 0.15) is 91.9 Å². The molecule has 1 N–H and O–H groups in total. The molecule has 0 unspecified atom stereocenters. The molecule has 0 saturated carbocycles. The van der Waals surface area contributed by atoms with E-state index in [0.717, 1.165) is 64.1 Å². The molecule has 37 heavy (non-hydrogen) atoms. The van der Waals surface area contributed by atoms with Crippen LogP contribution in [0.15, 0.2) is 0 Å². The highest BCUT2D eigenvalue weighted by molar-refractivity contribution is 5.73. The van der Waals surface area contributed by atoms with E-state index < -0.39 is 54.5 Å². The number of unbranched alkanes of at least 4 members (excludes halogenated alkanes) is 9. The van der Waals surface area contributed by atoms with Crippen molar-refractivity contribution in [2.45, 2.75) is 123 Å². The highest BCUT2D eigenvalue weighted by Gasteiger charge is 2.51. The van der Waals surface area contributed by atoms with Gasteiger partial charge in [-0.15, -0.1) is 0 Å². The fraction of sp³-hybridized carbons (Fsp3) is 0.808. The summed E-state index contributed by atoms with van der Waals surface area (Å²) in [4.78, 5) is 57.3. The summed E-state index contributed by atoms with van der Waals surface area (Å²) >= 11 is 0. The third-order valence-corrected chi connectivity index (χ3v) is 5.82. The fourth-order valence-corrected chi connectivity index (χ4v) is 4.20. The van der Waals surface area contributed by atoms with Crippen LogP contribution in [0, 0.1) is 0 Å². The number of carbonyl (C=O) groups excluding carboxylic acids is 5. The van der Waals surface area contributed by atoms with Gasteiger partial charge in [0.05, 0.1) is 0 Å². The number of aldehydes is 1. The number of hydrogen-bond acceptors (Lipinski definition) is 10. The van der Waals surface area contributed by atoms with Gasteiger partial charge in [0.1, 0.15) is 25.0 Å². The summed E-state index contributed by atoms with van der Waals surface area (Å²) in [6.45, 7) is 5.00. The first kappa shape index (κ1) is 32.5. The summed E-state index contributed by atoms with van der Waals surface area (Å²) in [5.74, 6) is -2.27. The Hall–Kier alpha value is -2.53. The van der Waals surface area contributed by atoms with E-state index in [9.17, 15) is 24.0 Å². The van der Waals surface area contributed by atoms with E-state index in [4.69, 9.17) is 23.7 Å². The smallest absolute Gasteiger partial charge is 0.303 e. The van der Waals surface area contributed by atoms with E-state index in [1.165, 1.54) is 27.7 Å². The molecular formula is C26H43NO10. The Balaban J connectivity index is 2.71. The molecule has 1 aliphatic rings. The quantitative estimate of drug-likeness (QED) is 0.122. The van der Waals surface area contributed by atoms with Crippen LogP contribution in [-0.2, 0) is 47.7 Å². The Morgan fingerprint density at radius 3 is 1.81 bits per heavy atom. The molecule has 0 aromatic rings. The highest BCUT2D eigenvalue weighted by atomic mass is 16.7. The van der Waals surface area contributed by atoms with Crippen molar-refractivity contribution in [3.05, 3.63) is 0 Å². The van der Waals surface area contributed by atoms with Crippen LogP contribution in [0.4, 0.5) is 0 Å². The van der Waals surface area contributed by atoms with Crippen molar-refractivity contribution in [1.82, 2.24) is 5.32 Å². The van der Waals surface area contributed by atoms with E-state index in [2.05, 4.69) is 5.32 Å². The van der Waals surface area contributed by atoms with Crippen LogP contribution in [0.5, 0.6) is 0 Å². The number of ether oxygens (including phenoxy) is 5. The predicted molar refractivity (Wildman–Crippen MR) is 132 cm³/mol. The standard InChI is InChI=1S/C26H43NO10/c1-18(29)27-23-25(36-21(4)32)24(35-20(3)31)22(17-34-19(2)30)37-26(23)33-16-14-12-10-8-6-5-7-9-11-13-15-28/h15,22-26H,5-14,16-17H2,1-4H3,(H,27,29)/t22-,23-,24+,25-,26-/m1/s1. The molecule has 0 aliphatic carbocycles. The van der Waals surface area contributed by atoms with Gasteiger partial charge in [-0.2, -0.15) is 0 Å². The van der Waals surface area contributed by atoms with Gasteiger partial charge >= 0.3 is 17.9 Å². The van der Waals surface area contributed by atoms with E-state index in [-0.39, 0.29) is 6.61 Å². The maximum atomic E-state index is 11.9. The van der Waals surface area contributed by atoms with Crippen molar-refractivity contribution in [3.8, 4) is 0 Å². The van der Waals surface area contributed by atoms with Crippen LogP contribution in [-0.4, -0.2) is 74.0 Å². The van der Waals surface area contributed by atoms with Crippen molar-refractivity contribution in [3.63, 3.8) is 0 Å². The van der Waals surface area contributed by atoms with Crippen LogP contribution in [0.2, 0.25) is 0 Å². The lowest BCUT2D eigenvalue weighted by Gasteiger charge is -2.44. The van der Waals surface area contributed by atoms with Crippen molar-refractivity contribution in [2.75, 3.05) is 13.2 Å². The number of esters is 3. The zero-order valence-electron chi connectivity index (χ0n) is 22.5. The van der Waals surface area contributed by atoms with Crippen LogP contribution in [0.25, 0.3) is 0 Å². The molecule has 0 bridgehead atoms. The van der Waals surface area contributed by atoms with E-state index in [1.54, 1.807) is 0 Å². The van der Waals surface area contributed by atoms with Crippen LogP contribution < -0.4 is 5.32 Å². The molecule has 0 radical (unpaired) electrons. The minimum absolute atomic E-state index is 0.257. The number of rotatable bonds is 18. The third kappa shape index (κ3) is 14.1. The molecule has 11 nitrogen and oxygen atoms in total. The van der Waals surface area contributed by atoms with Gasteiger partial charge in [0, 0.05) is 40.7 Å². The van der Waals surface area contributed by atoms with E-state index >= 15 is 0 Å². The summed E-state index contributed by atoms with van der Waals surface area (Å²) in [6.07, 6.45) is 6.76. The zero-order valence-corrected chi connectivity index (χ0v) is 22.5. The molecule has 0 spiro atoms. The van der Waals surface area contributed by atoms with Crippen LogP contribution >= 0.6 is 0 Å². The molecule has 1 heterocycles. The lowest BCUT2D eigenvalue weighted by Crippen LogP contribution is -2.66. The second kappa shape index (κ2) is 18.7. The molecule has 1 aliphatic heterocycles. The second-order valence-corrected chi connectivity index (χ2v) is 9.23. The molecule has 5 atom stereocenters. The highest BCUT2D eigenvalue weighted by Crippen LogP contribution is 2.28. The first-order chi connectivity index (χ1) is 17.6.